The predicted octanol–water partition coefficient (Wildman–Crippen LogP) is 4.84. The third kappa shape index (κ3) is 3.08. The smallest absolute Gasteiger partial charge is 0.403 e. The standard InChI is InChI=1S/C22H36B2O4/c1-16(2)22(17-14-12-11-13-15-17,23-25-18(3,4)19(5,6)26-23)24-27-20(7,8)21(9,10)28-24/h11-16H,1-10H3. The van der Waals surface area contributed by atoms with Gasteiger partial charge in [0.15, 0.2) is 0 Å². The lowest BCUT2D eigenvalue weighted by Crippen LogP contribution is -2.61. The molecule has 1 aromatic rings. The van der Waals surface area contributed by atoms with Crippen molar-refractivity contribution in [2.24, 2.45) is 5.92 Å². The molecule has 0 spiro atoms. The van der Waals surface area contributed by atoms with Gasteiger partial charge in [0.05, 0.1) is 27.6 Å². The Hall–Kier alpha value is -0.810. The van der Waals surface area contributed by atoms with Gasteiger partial charge in [0.25, 0.3) is 0 Å². The van der Waals surface area contributed by atoms with Gasteiger partial charge in [-0.3, -0.25) is 0 Å². The van der Waals surface area contributed by atoms with Gasteiger partial charge >= 0.3 is 14.2 Å². The minimum atomic E-state index is -0.614. The summed E-state index contributed by atoms with van der Waals surface area (Å²) in [6.45, 7) is 21.1. The Balaban J connectivity index is 2.18. The normalized spacial score (nSPS) is 25.5. The van der Waals surface area contributed by atoms with E-state index in [2.05, 4.69) is 93.5 Å². The summed E-state index contributed by atoms with van der Waals surface area (Å²) in [6, 6.07) is 10.4. The van der Waals surface area contributed by atoms with E-state index in [0.29, 0.717) is 0 Å². The van der Waals surface area contributed by atoms with Crippen LogP contribution in [0, 0.1) is 5.92 Å². The van der Waals surface area contributed by atoms with E-state index in [4.69, 9.17) is 18.6 Å². The molecule has 0 saturated carbocycles. The fourth-order valence-corrected chi connectivity index (χ4v) is 4.06. The summed E-state index contributed by atoms with van der Waals surface area (Å²) in [5.74, 6) is 0.152. The highest BCUT2D eigenvalue weighted by Crippen LogP contribution is 2.51. The van der Waals surface area contributed by atoms with Gasteiger partial charge in [-0.2, -0.15) is 0 Å². The van der Waals surface area contributed by atoms with Crippen LogP contribution in [0.5, 0.6) is 0 Å². The van der Waals surface area contributed by atoms with Crippen molar-refractivity contribution in [3.8, 4) is 0 Å². The maximum Gasteiger partial charge on any atom is 0.467 e. The number of hydrogen-bond acceptors (Lipinski definition) is 4. The summed E-state index contributed by atoms with van der Waals surface area (Å²) in [7, 11) is -0.982. The average molecular weight is 386 g/mol. The van der Waals surface area contributed by atoms with Crippen LogP contribution in [0.2, 0.25) is 0 Å². The van der Waals surface area contributed by atoms with E-state index in [0.717, 1.165) is 5.56 Å². The van der Waals surface area contributed by atoms with E-state index in [9.17, 15) is 0 Å². The zero-order valence-electron chi connectivity index (χ0n) is 19.3. The molecule has 0 unspecified atom stereocenters. The van der Waals surface area contributed by atoms with Gasteiger partial charge in [0, 0.05) is 0 Å². The van der Waals surface area contributed by atoms with Crippen molar-refractivity contribution in [3.05, 3.63) is 35.9 Å². The molecule has 4 nitrogen and oxygen atoms in total. The van der Waals surface area contributed by atoms with Crippen LogP contribution in [0.15, 0.2) is 30.3 Å². The minimum Gasteiger partial charge on any atom is -0.403 e. The molecule has 2 saturated heterocycles. The molecule has 0 atom stereocenters. The Morgan fingerprint density at radius 2 is 0.964 bits per heavy atom. The zero-order valence-corrected chi connectivity index (χ0v) is 19.3. The third-order valence-corrected chi connectivity index (χ3v) is 7.52. The molecule has 28 heavy (non-hydrogen) atoms. The Morgan fingerprint density at radius 1 is 0.643 bits per heavy atom. The molecule has 0 N–H and O–H groups in total. The molecule has 2 heterocycles. The van der Waals surface area contributed by atoms with Crippen molar-refractivity contribution in [2.45, 2.75) is 96.9 Å². The highest BCUT2D eigenvalue weighted by atomic mass is 16.7. The summed E-state index contributed by atoms with van der Waals surface area (Å²) in [5, 5.41) is -0.614. The molecule has 6 heteroatoms. The van der Waals surface area contributed by atoms with Crippen molar-refractivity contribution in [1.82, 2.24) is 0 Å². The number of hydrogen-bond donors (Lipinski definition) is 0. The van der Waals surface area contributed by atoms with Gasteiger partial charge in [-0.25, -0.2) is 0 Å². The van der Waals surface area contributed by atoms with Gasteiger partial charge in [-0.05, 0) is 66.9 Å². The van der Waals surface area contributed by atoms with Crippen LogP contribution in [0.1, 0.15) is 74.8 Å². The molecule has 2 fully saturated rings. The Labute approximate surface area is 171 Å². The van der Waals surface area contributed by atoms with E-state index in [1.54, 1.807) is 0 Å². The van der Waals surface area contributed by atoms with E-state index >= 15 is 0 Å². The van der Waals surface area contributed by atoms with Crippen LogP contribution >= 0.6 is 0 Å². The van der Waals surface area contributed by atoms with Gasteiger partial charge in [-0.15, -0.1) is 0 Å². The molecular formula is C22H36B2O4. The molecule has 1 aromatic carbocycles. The molecule has 2 aliphatic rings. The third-order valence-electron chi connectivity index (χ3n) is 7.52. The fourth-order valence-electron chi connectivity index (χ4n) is 4.06. The topological polar surface area (TPSA) is 36.9 Å². The largest absolute Gasteiger partial charge is 0.467 e. The molecule has 154 valence electrons. The van der Waals surface area contributed by atoms with Crippen molar-refractivity contribution in [1.29, 1.82) is 0 Å². The van der Waals surface area contributed by atoms with E-state index in [1.165, 1.54) is 0 Å². The van der Waals surface area contributed by atoms with Crippen LogP contribution in [-0.2, 0) is 23.8 Å². The number of benzene rings is 1. The molecule has 2 aliphatic heterocycles. The van der Waals surface area contributed by atoms with Crippen LogP contribution in [-0.4, -0.2) is 36.6 Å². The summed E-state index contributed by atoms with van der Waals surface area (Å²) in [6.07, 6.45) is 0. The van der Waals surface area contributed by atoms with Gasteiger partial charge < -0.3 is 18.6 Å². The van der Waals surface area contributed by atoms with Gasteiger partial charge in [0.1, 0.15) is 0 Å². The first-order valence-corrected chi connectivity index (χ1v) is 10.4. The Morgan fingerprint density at radius 3 is 1.25 bits per heavy atom. The minimum absolute atomic E-state index is 0.152. The van der Waals surface area contributed by atoms with Crippen molar-refractivity contribution in [3.63, 3.8) is 0 Å². The van der Waals surface area contributed by atoms with Gasteiger partial charge in [0.2, 0.25) is 0 Å². The molecular weight excluding hydrogens is 350 g/mol. The highest BCUT2D eigenvalue weighted by molar-refractivity contribution is 6.71. The molecule has 3 rings (SSSR count). The molecule has 0 bridgehead atoms. The fraction of sp³-hybridized carbons (Fsp3) is 0.727. The van der Waals surface area contributed by atoms with Crippen molar-refractivity contribution < 1.29 is 18.6 Å². The molecule has 0 amide bonds. The zero-order chi connectivity index (χ0) is 21.2. The van der Waals surface area contributed by atoms with Gasteiger partial charge in [-0.1, -0.05) is 44.2 Å². The molecule has 0 aromatic heterocycles. The van der Waals surface area contributed by atoms with Crippen molar-refractivity contribution in [2.75, 3.05) is 0 Å². The average Bonchev–Trinajstić information content (AvgIpc) is 2.88. The Bertz CT molecular complexity index is 645. The highest BCUT2D eigenvalue weighted by Gasteiger charge is 2.70. The first-order chi connectivity index (χ1) is 12.7. The maximum atomic E-state index is 6.61. The van der Waals surface area contributed by atoms with E-state index in [1.807, 2.05) is 6.07 Å². The molecule has 0 radical (unpaired) electrons. The Kier molecular flexibility index (Phi) is 5.16. The lowest BCUT2D eigenvalue weighted by Gasteiger charge is -2.40. The quantitative estimate of drug-likeness (QED) is 0.694. The summed E-state index contributed by atoms with van der Waals surface area (Å²) >= 11 is 0. The summed E-state index contributed by atoms with van der Waals surface area (Å²) in [5.41, 5.74) is -0.624. The lowest BCUT2D eigenvalue weighted by molar-refractivity contribution is 0.00578. The predicted molar refractivity (Wildman–Crippen MR) is 115 cm³/mol. The van der Waals surface area contributed by atoms with Crippen LogP contribution in [0.4, 0.5) is 0 Å². The molecule has 0 aliphatic carbocycles. The van der Waals surface area contributed by atoms with Crippen LogP contribution in [0.3, 0.4) is 0 Å². The maximum absolute atomic E-state index is 6.61. The summed E-state index contributed by atoms with van der Waals surface area (Å²) < 4.78 is 26.4. The second-order valence-corrected chi connectivity index (χ2v) is 10.6. The number of rotatable bonds is 4. The van der Waals surface area contributed by atoms with E-state index < -0.39 is 41.9 Å². The second-order valence-electron chi connectivity index (χ2n) is 10.6. The van der Waals surface area contributed by atoms with Crippen molar-refractivity contribution >= 4 is 14.2 Å². The van der Waals surface area contributed by atoms with Crippen LogP contribution < -0.4 is 0 Å². The second kappa shape index (κ2) is 6.60. The first-order valence-electron chi connectivity index (χ1n) is 10.4. The SMILES string of the molecule is CC(C)C(B1OC(C)(C)C(C)(C)O1)(B1OC(C)(C)C(C)(C)O1)c1ccccc1. The first kappa shape index (κ1) is 21.9. The lowest BCUT2D eigenvalue weighted by atomic mass is 9.32. The monoisotopic (exact) mass is 386 g/mol. The summed E-state index contributed by atoms with van der Waals surface area (Å²) in [4.78, 5) is 0. The van der Waals surface area contributed by atoms with E-state index in [-0.39, 0.29) is 5.92 Å². The van der Waals surface area contributed by atoms with Crippen LogP contribution in [0.25, 0.3) is 0 Å².